The summed E-state index contributed by atoms with van der Waals surface area (Å²) in [4.78, 5) is 22.4. The van der Waals surface area contributed by atoms with Crippen LogP contribution in [0.25, 0.3) is 0 Å². The first-order valence-electron chi connectivity index (χ1n) is 5.47. The number of aliphatic carboxylic acids is 1. The largest absolute Gasteiger partial charge is 0.482 e. The van der Waals surface area contributed by atoms with E-state index in [9.17, 15) is 9.59 Å². The van der Waals surface area contributed by atoms with Crippen LogP contribution in [0.5, 0.6) is 5.75 Å². The minimum Gasteiger partial charge on any atom is -0.482 e. The van der Waals surface area contributed by atoms with Gasteiger partial charge in [-0.3, -0.25) is 4.79 Å². The van der Waals surface area contributed by atoms with Crippen LogP contribution < -0.4 is 10.1 Å². The third-order valence-corrected chi connectivity index (χ3v) is 3.00. The van der Waals surface area contributed by atoms with Crippen molar-refractivity contribution in [1.29, 1.82) is 0 Å². The fraction of sp³-hybridized carbons (Fsp3) is 0.231. The lowest BCUT2D eigenvalue weighted by Crippen LogP contribution is -2.42. The maximum absolute atomic E-state index is 11.6. The van der Waals surface area contributed by atoms with Crippen LogP contribution in [0.3, 0.4) is 0 Å². The second-order valence-electron chi connectivity index (χ2n) is 3.73. The molecule has 0 saturated heterocycles. The summed E-state index contributed by atoms with van der Waals surface area (Å²) in [6, 6.07) is 3.79. The van der Waals surface area contributed by atoms with Crippen molar-refractivity contribution in [2.45, 2.75) is 12.5 Å². The summed E-state index contributed by atoms with van der Waals surface area (Å²) in [6.45, 7) is -0.351. The summed E-state index contributed by atoms with van der Waals surface area (Å²) in [6.07, 6.45) is 4.93. The first kappa shape index (κ1) is 16.3. The Morgan fingerprint density at radius 3 is 2.80 bits per heavy atom. The maximum Gasteiger partial charge on any atom is 0.327 e. The van der Waals surface area contributed by atoms with Gasteiger partial charge in [0, 0.05) is 10.9 Å². The van der Waals surface area contributed by atoms with Gasteiger partial charge in [-0.25, -0.2) is 4.79 Å². The van der Waals surface area contributed by atoms with Crippen molar-refractivity contribution in [2.24, 2.45) is 0 Å². The van der Waals surface area contributed by atoms with Crippen molar-refractivity contribution in [1.82, 2.24) is 5.32 Å². The van der Waals surface area contributed by atoms with Crippen LogP contribution in [-0.2, 0) is 9.59 Å². The molecule has 0 saturated carbocycles. The monoisotopic (exact) mass is 359 g/mol. The lowest BCUT2D eigenvalue weighted by atomic mass is 10.2. The number of carbonyl (C=O) groups is 2. The summed E-state index contributed by atoms with van der Waals surface area (Å²) in [7, 11) is 0. The van der Waals surface area contributed by atoms with E-state index in [0.29, 0.717) is 10.8 Å². The molecule has 0 spiro atoms. The Balaban J connectivity index is 2.55. The Bertz CT molecular complexity index is 556. The van der Waals surface area contributed by atoms with Crippen LogP contribution in [0.4, 0.5) is 0 Å². The molecule has 0 radical (unpaired) electrons. The van der Waals surface area contributed by atoms with Crippen LogP contribution in [0.15, 0.2) is 22.7 Å². The highest BCUT2D eigenvalue weighted by molar-refractivity contribution is 9.10. The molecule has 0 aliphatic carbocycles. The highest BCUT2D eigenvalue weighted by Gasteiger charge is 2.19. The zero-order valence-corrected chi connectivity index (χ0v) is 12.6. The second-order valence-corrected chi connectivity index (χ2v) is 5.05. The van der Waals surface area contributed by atoms with Crippen LogP contribution in [-0.4, -0.2) is 29.6 Å². The highest BCUT2D eigenvalue weighted by atomic mass is 79.9. The summed E-state index contributed by atoms with van der Waals surface area (Å²) in [5.41, 5.74) is 0. The standard InChI is InChI=1S/C13H11BrClNO4/c1-2-3-10(13(18)19)16-12(17)7-20-11-5-4-8(14)6-9(11)15/h1,4-6,10H,3,7H2,(H,16,17)(H,18,19). The molecule has 0 aromatic heterocycles. The maximum atomic E-state index is 11.6. The molecular formula is C13H11BrClNO4. The van der Waals surface area contributed by atoms with Gasteiger partial charge in [0.15, 0.2) is 6.61 Å². The predicted octanol–water partition coefficient (Wildman–Crippen LogP) is 2.07. The molecule has 0 fully saturated rings. The van der Waals surface area contributed by atoms with Gasteiger partial charge in [0.25, 0.3) is 5.91 Å². The first-order chi connectivity index (χ1) is 9.43. The SMILES string of the molecule is C#CCC(NC(=O)COc1ccc(Br)cc1Cl)C(=O)O. The van der Waals surface area contributed by atoms with E-state index in [4.69, 9.17) is 27.9 Å². The van der Waals surface area contributed by atoms with Gasteiger partial charge in [0.1, 0.15) is 11.8 Å². The van der Waals surface area contributed by atoms with E-state index in [0.717, 1.165) is 4.47 Å². The Hall–Kier alpha value is -1.71. The number of halogens is 2. The molecule has 1 amide bonds. The molecule has 5 nitrogen and oxygen atoms in total. The lowest BCUT2D eigenvalue weighted by molar-refractivity contribution is -0.141. The van der Waals surface area contributed by atoms with E-state index in [-0.39, 0.29) is 13.0 Å². The number of benzene rings is 1. The Kier molecular flexibility index (Phi) is 6.36. The van der Waals surface area contributed by atoms with Crippen LogP contribution >= 0.6 is 27.5 Å². The van der Waals surface area contributed by atoms with Crippen LogP contribution in [0.1, 0.15) is 6.42 Å². The third kappa shape index (κ3) is 5.11. The summed E-state index contributed by atoms with van der Waals surface area (Å²) in [5.74, 6) is 0.721. The lowest BCUT2D eigenvalue weighted by Gasteiger charge is -2.13. The molecule has 0 heterocycles. The highest BCUT2D eigenvalue weighted by Crippen LogP contribution is 2.27. The molecule has 1 aromatic rings. The number of amides is 1. The minimum absolute atomic E-state index is 0.0971. The molecule has 2 N–H and O–H groups in total. The fourth-order valence-corrected chi connectivity index (χ4v) is 2.02. The molecule has 1 rings (SSSR count). The number of hydrogen-bond donors (Lipinski definition) is 2. The quantitative estimate of drug-likeness (QED) is 0.762. The van der Waals surface area contributed by atoms with Crippen LogP contribution in [0.2, 0.25) is 5.02 Å². The Labute approximate surface area is 129 Å². The molecule has 0 aliphatic heterocycles. The molecule has 1 unspecified atom stereocenters. The molecule has 0 aliphatic rings. The molecular weight excluding hydrogens is 350 g/mol. The number of hydrogen-bond acceptors (Lipinski definition) is 3. The Morgan fingerprint density at radius 1 is 1.55 bits per heavy atom. The van der Waals surface area contributed by atoms with E-state index in [1.54, 1.807) is 18.2 Å². The van der Waals surface area contributed by atoms with Gasteiger partial charge in [0.05, 0.1) is 5.02 Å². The summed E-state index contributed by atoms with van der Waals surface area (Å²) >= 11 is 9.15. The number of terminal acetylenes is 1. The van der Waals surface area contributed by atoms with E-state index in [1.807, 2.05) is 0 Å². The van der Waals surface area contributed by atoms with Crippen LogP contribution in [0, 0.1) is 12.3 Å². The van der Waals surface area contributed by atoms with Crippen molar-refractivity contribution in [3.8, 4) is 18.1 Å². The summed E-state index contributed by atoms with van der Waals surface area (Å²) < 4.78 is 5.98. The molecule has 0 bridgehead atoms. The fourth-order valence-electron chi connectivity index (χ4n) is 1.29. The van der Waals surface area contributed by atoms with Crippen molar-refractivity contribution < 1.29 is 19.4 Å². The van der Waals surface area contributed by atoms with E-state index in [2.05, 4.69) is 27.2 Å². The number of ether oxygens (including phenoxy) is 1. The number of rotatable bonds is 6. The van der Waals surface area contributed by atoms with Gasteiger partial charge in [-0.2, -0.15) is 0 Å². The number of carbonyl (C=O) groups excluding carboxylic acids is 1. The predicted molar refractivity (Wildman–Crippen MR) is 77.7 cm³/mol. The number of carboxylic acids is 1. The van der Waals surface area contributed by atoms with Crippen molar-refractivity contribution in [3.63, 3.8) is 0 Å². The molecule has 106 valence electrons. The number of nitrogens with one attached hydrogen (secondary N) is 1. The van der Waals surface area contributed by atoms with Gasteiger partial charge in [0.2, 0.25) is 0 Å². The smallest absolute Gasteiger partial charge is 0.327 e. The van der Waals surface area contributed by atoms with Crippen molar-refractivity contribution in [2.75, 3.05) is 6.61 Å². The van der Waals surface area contributed by atoms with E-state index < -0.39 is 17.9 Å². The summed E-state index contributed by atoms with van der Waals surface area (Å²) in [5, 5.41) is 11.4. The van der Waals surface area contributed by atoms with Gasteiger partial charge < -0.3 is 15.2 Å². The zero-order valence-electron chi connectivity index (χ0n) is 10.2. The average molecular weight is 361 g/mol. The van der Waals surface area contributed by atoms with Gasteiger partial charge >= 0.3 is 5.97 Å². The zero-order chi connectivity index (χ0) is 15.1. The third-order valence-electron chi connectivity index (χ3n) is 2.21. The van der Waals surface area contributed by atoms with Crippen molar-refractivity contribution >= 4 is 39.4 Å². The topological polar surface area (TPSA) is 75.6 Å². The molecule has 1 atom stereocenters. The Morgan fingerprint density at radius 2 is 2.25 bits per heavy atom. The van der Waals surface area contributed by atoms with Gasteiger partial charge in [-0.15, -0.1) is 12.3 Å². The second kappa shape index (κ2) is 7.78. The molecule has 20 heavy (non-hydrogen) atoms. The minimum atomic E-state index is -1.20. The van der Waals surface area contributed by atoms with Gasteiger partial charge in [-0.05, 0) is 18.2 Å². The first-order valence-corrected chi connectivity index (χ1v) is 6.64. The van der Waals surface area contributed by atoms with E-state index in [1.165, 1.54) is 0 Å². The normalized spacial score (nSPS) is 11.2. The van der Waals surface area contributed by atoms with E-state index >= 15 is 0 Å². The molecule has 1 aromatic carbocycles. The number of carboxylic acid groups (broad SMARTS) is 1. The molecule has 7 heteroatoms. The van der Waals surface area contributed by atoms with Crippen molar-refractivity contribution in [3.05, 3.63) is 27.7 Å². The van der Waals surface area contributed by atoms with Gasteiger partial charge in [-0.1, -0.05) is 27.5 Å². The average Bonchev–Trinajstić information content (AvgIpc) is 2.37.